The monoisotopic (exact) mass is 284 g/mol. The molecule has 1 amide bonds. The molecule has 1 aromatic carbocycles. The lowest BCUT2D eigenvalue weighted by Gasteiger charge is -2.29. The molecule has 6 nitrogen and oxygen atoms in total. The summed E-state index contributed by atoms with van der Waals surface area (Å²) in [6.45, 7) is 0.910. The molecule has 1 fully saturated rings. The standard InChI is InChI=1S/C12H13ClN2O4/c13-10-2-1-8(7-11(10)15(18)19)12(17)14-5-3-9(16)4-6-14/h1-2,7,9,16H,3-6H2. The number of aliphatic hydroxyl groups excluding tert-OH is 1. The molecule has 0 saturated carbocycles. The molecule has 1 saturated heterocycles. The van der Waals surface area contributed by atoms with E-state index in [-0.39, 0.29) is 28.3 Å². The Kier molecular flexibility index (Phi) is 4.01. The quantitative estimate of drug-likeness (QED) is 0.663. The maximum Gasteiger partial charge on any atom is 0.288 e. The molecule has 0 atom stereocenters. The molecule has 7 heteroatoms. The first-order chi connectivity index (χ1) is 8.99. The van der Waals surface area contributed by atoms with E-state index >= 15 is 0 Å². The van der Waals surface area contributed by atoms with E-state index in [1.54, 1.807) is 4.90 Å². The highest BCUT2D eigenvalue weighted by Gasteiger charge is 2.24. The largest absolute Gasteiger partial charge is 0.393 e. The number of carbonyl (C=O) groups excluding carboxylic acids is 1. The molecule has 0 spiro atoms. The van der Waals surface area contributed by atoms with Crippen LogP contribution in [0.5, 0.6) is 0 Å². The number of hydrogen-bond acceptors (Lipinski definition) is 4. The number of rotatable bonds is 2. The van der Waals surface area contributed by atoms with Crippen molar-refractivity contribution in [2.45, 2.75) is 18.9 Å². The molecule has 0 aromatic heterocycles. The van der Waals surface area contributed by atoms with Gasteiger partial charge in [0, 0.05) is 24.7 Å². The Morgan fingerprint density at radius 3 is 2.63 bits per heavy atom. The average Bonchev–Trinajstić information content (AvgIpc) is 2.39. The Hall–Kier alpha value is -1.66. The Morgan fingerprint density at radius 2 is 2.05 bits per heavy atom. The highest BCUT2D eigenvalue weighted by atomic mass is 35.5. The van der Waals surface area contributed by atoms with E-state index < -0.39 is 4.92 Å². The second-order valence-corrected chi connectivity index (χ2v) is 4.85. The fourth-order valence-electron chi connectivity index (χ4n) is 2.04. The maximum absolute atomic E-state index is 12.2. The molecule has 1 N–H and O–H groups in total. The van der Waals surface area contributed by atoms with Crippen LogP contribution in [-0.4, -0.2) is 40.0 Å². The lowest BCUT2D eigenvalue weighted by atomic mass is 10.1. The number of nitro benzene ring substituents is 1. The van der Waals surface area contributed by atoms with Crippen molar-refractivity contribution < 1.29 is 14.8 Å². The van der Waals surface area contributed by atoms with E-state index in [1.807, 2.05) is 0 Å². The van der Waals surface area contributed by atoms with Crippen molar-refractivity contribution in [2.24, 2.45) is 0 Å². The van der Waals surface area contributed by atoms with E-state index in [0.717, 1.165) is 0 Å². The summed E-state index contributed by atoms with van der Waals surface area (Å²) in [5.74, 6) is -0.272. The molecule has 1 aliphatic heterocycles. The van der Waals surface area contributed by atoms with Crippen molar-refractivity contribution in [1.82, 2.24) is 4.90 Å². The molecule has 0 aliphatic carbocycles. The minimum atomic E-state index is -0.612. The van der Waals surface area contributed by atoms with Crippen molar-refractivity contribution in [3.8, 4) is 0 Å². The summed E-state index contributed by atoms with van der Waals surface area (Å²) in [4.78, 5) is 23.9. The zero-order chi connectivity index (χ0) is 14.0. The fourth-order valence-corrected chi connectivity index (χ4v) is 2.22. The Labute approximate surface area is 114 Å². The summed E-state index contributed by atoms with van der Waals surface area (Å²) in [6.07, 6.45) is 0.687. The molecule has 0 unspecified atom stereocenters. The summed E-state index contributed by atoms with van der Waals surface area (Å²) in [5, 5.41) is 20.2. The number of nitrogens with zero attached hydrogens (tertiary/aromatic N) is 2. The summed E-state index contributed by atoms with van der Waals surface area (Å²) >= 11 is 5.70. The van der Waals surface area contributed by atoms with Gasteiger partial charge in [-0.25, -0.2) is 0 Å². The number of amides is 1. The molecule has 0 radical (unpaired) electrons. The number of carbonyl (C=O) groups is 1. The minimum Gasteiger partial charge on any atom is -0.393 e. The van der Waals surface area contributed by atoms with Crippen LogP contribution in [0.25, 0.3) is 0 Å². The molecule has 19 heavy (non-hydrogen) atoms. The van der Waals surface area contributed by atoms with Crippen LogP contribution in [0.4, 0.5) is 5.69 Å². The zero-order valence-corrected chi connectivity index (χ0v) is 10.8. The Morgan fingerprint density at radius 1 is 1.42 bits per heavy atom. The van der Waals surface area contributed by atoms with Crippen LogP contribution in [0.3, 0.4) is 0 Å². The summed E-state index contributed by atoms with van der Waals surface area (Å²) in [5.41, 5.74) is -0.0305. The van der Waals surface area contributed by atoms with Gasteiger partial charge in [-0.3, -0.25) is 14.9 Å². The number of piperidine rings is 1. The fraction of sp³-hybridized carbons (Fsp3) is 0.417. The van der Waals surface area contributed by atoms with Crippen molar-refractivity contribution in [3.63, 3.8) is 0 Å². The molecular formula is C12H13ClN2O4. The molecule has 1 aliphatic rings. The van der Waals surface area contributed by atoms with E-state index in [4.69, 9.17) is 11.6 Å². The zero-order valence-electron chi connectivity index (χ0n) is 10.1. The van der Waals surface area contributed by atoms with E-state index in [1.165, 1.54) is 18.2 Å². The van der Waals surface area contributed by atoms with E-state index in [9.17, 15) is 20.0 Å². The van der Waals surface area contributed by atoms with Crippen LogP contribution in [0.15, 0.2) is 18.2 Å². The average molecular weight is 285 g/mol. The first-order valence-electron chi connectivity index (χ1n) is 5.90. The maximum atomic E-state index is 12.2. The van der Waals surface area contributed by atoms with Gasteiger partial charge in [-0.2, -0.15) is 0 Å². The second kappa shape index (κ2) is 5.54. The molecule has 1 heterocycles. The normalized spacial score (nSPS) is 16.4. The minimum absolute atomic E-state index is 0.00983. The van der Waals surface area contributed by atoms with Gasteiger partial charge >= 0.3 is 0 Å². The first-order valence-corrected chi connectivity index (χ1v) is 6.28. The number of hydrogen-bond donors (Lipinski definition) is 1. The van der Waals surface area contributed by atoms with Gasteiger partial charge in [-0.15, -0.1) is 0 Å². The van der Waals surface area contributed by atoms with Crippen LogP contribution in [-0.2, 0) is 0 Å². The van der Waals surface area contributed by atoms with Gasteiger partial charge in [0.1, 0.15) is 5.02 Å². The SMILES string of the molecule is O=C(c1ccc(Cl)c([N+](=O)[O-])c1)N1CCC(O)CC1. The third-order valence-corrected chi connectivity index (χ3v) is 3.46. The topological polar surface area (TPSA) is 83.7 Å². The third kappa shape index (κ3) is 3.02. The number of nitro groups is 1. The second-order valence-electron chi connectivity index (χ2n) is 4.45. The van der Waals surface area contributed by atoms with Gasteiger partial charge in [-0.1, -0.05) is 11.6 Å². The van der Waals surface area contributed by atoms with Crippen molar-refractivity contribution in [3.05, 3.63) is 38.9 Å². The summed E-state index contributed by atoms with van der Waals surface area (Å²) in [7, 11) is 0. The van der Waals surface area contributed by atoms with Crippen LogP contribution in [0.2, 0.25) is 5.02 Å². The van der Waals surface area contributed by atoms with Gasteiger partial charge in [0.2, 0.25) is 0 Å². The lowest BCUT2D eigenvalue weighted by Crippen LogP contribution is -2.40. The third-order valence-electron chi connectivity index (χ3n) is 3.14. The van der Waals surface area contributed by atoms with Crippen molar-refractivity contribution >= 4 is 23.2 Å². The van der Waals surface area contributed by atoms with Crippen LogP contribution in [0, 0.1) is 10.1 Å². The number of likely N-dealkylation sites (tertiary alicyclic amines) is 1. The predicted molar refractivity (Wildman–Crippen MR) is 69.3 cm³/mol. The Bertz CT molecular complexity index is 512. The highest BCUT2D eigenvalue weighted by Crippen LogP contribution is 2.26. The van der Waals surface area contributed by atoms with Gasteiger partial charge in [0.15, 0.2) is 0 Å². The smallest absolute Gasteiger partial charge is 0.288 e. The highest BCUT2D eigenvalue weighted by molar-refractivity contribution is 6.32. The van der Waals surface area contributed by atoms with E-state index in [2.05, 4.69) is 0 Å². The van der Waals surface area contributed by atoms with Crippen molar-refractivity contribution in [2.75, 3.05) is 13.1 Å². The van der Waals surface area contributed by atoms with Gasteiger partial charge < -0.3 is 10.0 Å². The van der Waals surface area contributed by atoms with Gasteiger partial charge in [0.05, 0.1) is 11.0 Å². The molecular weight excluding hydrogens is 272 g/mol. The molecule has 0 bridgehead atoms. The molecule has 1 aromatic rings. The van der Waals surface area contributed by atoms with Gasteiger partial charge in [0.25, 0.3) is 11.6 Å². The first kappa shape index (κ1) is 13.8. The van der Waals surface area contributed by atoms with E-state index in [0.29, 0.717) is 25.9 Å². The summed E-state index contributed by atoms with van der Waals surface area (Å²) in [6, 6.07) is 4.02. The molecule has 102 valence electrons. The predicted octanol–water partition coefficient (Wildman–Crippen LogP) is 1.85. The number of aliphatic hydroxyl groups is 1. The van der Waals surface area contributed by atoms with Gasteiger partial charge in [-0.05, 0) is 25.0 Å². The Balaban J connectivity index is 2.20. The summed E-state index contributed by atoms with van der Waals surface area (Å²) < 4.78 is 0. The number of benzene rings is 1. The van der Waals surface area contributed by atoms with Crippen molar-refractivity contribution in [1.29, 1.82) is 0 Å². The van der Waals surface area contributed by atoms with Crippen LogP contribution < -0.4 is 0 Å². The number of halogens is 1. The lowest BCUT2D eigenvalue weighted by molar-refractivity contribution is -0.384. The van der Waals surface area contributed by atoms with Crippen LogP contribution in [0.1, 0.15) is 23.2 Å². The molecule has 2 rings (SSSR count). The van der Waals surface area contributed by atoms with Crippen LogP contribution >= 0.6 is 11.6 Å².